The number of Topliss-reactive ketones (excluding diaryl/α,β-unsaturated/α-hetero) is 1. The fourth-order valence-electron chi connectivity index (χ4n) is 10.9. The number of piperidine rings is 1. The van der Waals surface area contributed by atoms with Crippen molar-refractivity contribution in [3.8, 4) is 5.75 Å². The van der Waals surface area contributed by atoms with Crippen LogP contribution in [0, 0.1) is 39.8 Å². The van der Waals surface area contributed by atoms with E-state index >= 15 is 4.39 Å². The topological polar surface area (TPSA) is 106 Å². The lowest BCUT2D eigenvalue weighted by atomic mass is 9.43. The second-order valence-electron chi connectivity index (χ2n) is 14.8. The minimum Gasteiger partial charge on any atom is -0.479 e. The quantitative estimate of drug-likeness (QED) is 0.402. The molecule has 8 nitrogen and oxygen atoms in total. The summed E-state index contributed by atoms with van der Waals surface area (Å²) >= 11 is 0. The van der Waals surface area contributed by atoms with Crippen molar-refractivity contribution < 1.29 is 38.2 Å². The van der Waals surface area contributed by atoms with Gasteiger partial charge < -0.3 is 24.3 Å². The summed E-state index contributed by atoms with van der Waals surface area (Å²) in [6.07, 6.45) is 6.55. The molecule has 1 aromatic carbocycles. The summed E-state index contributed by atoms with van der Waals surface area (Å²) in [7, 11) is -1.37. The molecule has 9 atom stereocenters. The van der Waals surface area contributed by atoms with Crippen molar-refractivity contribution >= 4 is 24.3 Å². The molecule has 2 N–H and O–H groups in total. The number of hydrogen-bond acceptors (Lipinski definition) is 8. The number of aliphatic hydroxyl groups excluding tert-OH is 1. The fourth-order valence-corrected chi connectivity index (χ4v) is 10.9. The first-order valence-corrected chi connectivity index (χ1v) is 16.4. The predicted octanol–water partition coefficient (Wildman–Crippen LogP) is 3.38. The van der Waals surface area contributed by atoms with Gasteiger partial charge in [0.1, 0.15) is 11.9 Å². The third-order valence-corrected chi connectivity index (χ3v) is 13.3. The lowest BCUT2D eigenvalue weighted by molar-refractivity contribution is -0.218. The van der Waals surface area contributed by atoms with E-state index in [1.807, 2.05) is 0 Å². The molecule has 1 aromatic rings. The number of carbonyl (C=O) groups excluding carboxylic acids is 2. The van der Waals surface area contributed by atoms with Crippen LogP contribution in [-0.2, 0) is 25.6 Å². The van der Waals surface area contributed by atoms with Crippen LogP contribution in [0.15, 0.2) is 12.1 Å². The van der Waals surface area contributed by atoms with E-state index in [9.17, 15) is 19.7 Å². The van der Waals surface area contributed by atoms with E-state index in [4.69, 9.17) is 14.1 Å². The Balaban J connectivity index is 1.23. The number of esters is 1. The van der Waals surface area contributed by atoms with E-state index in [2.05, 4.69) is 25.7 Å². The summed E-state index contributed by atoms with van der Waals surface area (Å²) < 4.78 is 32.3. The summed E-state index contributed by atoms with van der Waals surface area (Å²) in [5, 5.41) is 22.4. The van der Waals surface area contributed by atoms with E-state index < -0.39 is 48.5 Å². The van der Waals surface area contributed by atoms with Gasteiger partial charge in [0.2, 0.25) is 0 Å². The molecule has 3 aliphatic carbocycles. The van der Waals surface area contributed by atoms with Gasteiger partial charge in [-0.15, -0.1) is 0 Å². The molecule has 10 heteroatoms. The number of halogens is 1. The molecule has 3 saturated carbocycles. The number of benzene rings is 1. The van der Waals surface area contributed by atoms with Crippen molar-refractivity contribution in [1.82, 2.24) is 4.90 Å². The first-order valence-electron chi connectivity index (χ1n) is 16.4. The predicted molar refractivity (Wildman–Crippen MR) is 157 cm³/mol. The van der Waals surface area contributed by atoms with Crippen molar-refractivity contribution in [2.45, 2.75) is 103 Å². The van der Waals surface area contributed by atoms with E-state index in [-0.39, 0.29) is 52.8 Å². The number of carbonyl (C=O) groups is 2. The molecule has 0 amide bonds. The van der Waals surface area contributed by atoms with Gasteiger partial charge in [-0.3, -0.25) is 9.69 Å². The van der Waals surface area contributed by atoms with Crippen molar-refractivity contribution in [1.29, 1.82) is 0 Å². The Morgan fingerprint density at radius 3 is 2.79 bits per heavy atom. The number of ketones is 1. The molecule has 43 heavy (non-hydrogen) atoms. The van der Waals surface area contributed by atoms with Crippen LogP contribution in [0.25, 0.3) is 0 Å². The van der Waals surface area contributed by atoms with Crippen LogP contribution in [-0.4, -0.2) is 71.8 Å². The molecule has 2 bridgehead atoms. The molecule has 234 valence electrons. The zero-order valence-electron chi connectivity index (χ0n) is 25.6. The molecule has 2 saturated heterocycles. The van der Waals surface area contributed by atoms with Crippen LogP contribution < -0.4 is 10.2 Å². The van der Waals surface area contributed by atoms with Gasteiger partial charge >= 0.3 is 13.1 Å². The lowest BCUT2D eigenvalue weighted by Crippen LogP contribution is -2.65. The average molecular weight is 598 g/mol. The van der Waals surface area contributed by atoms with Crippen LogP contribution in [0.3, 0.4) is 0 Å². The zero-order chi connectivity index (χ0) is 30.3. The Hall–Kier alpha value is -2.01. The second kappa shape index (κ2) is 10.5. The van der Waals surface area contributed by atoms with Gasteiger partial charge in [-0.2, -0.15) is 0 Å². The molecule has 1 unspecified atom stereocenters. The molecular weight excluding hydrogens is 552 g/mol. The average Bonchev–Trinajstić information content (AvgIpc) is 3.68. The Morgan fingerprint density at radius 2 is 1.98 bits per heavy atom. The Bertz CT molecular complexity index is 1310. The molecule has 3 aliphatic heterocycles. The highest BCUT2D eigenvalue weighted by atomic mass is 19.1. The van der Waals surface area contributed by atoms with Crippen molar-refractivity contribution in [2.24, 2.45) is 34.0 Å². The lowest BCUT2D eigenvalue weighted by Gasteiger charge is -2.63. The van der Waals surface area contributed by atoms with Crippen molar-refractivity contribution in [3.63, 3.8) is 0 Å². The van der Waals surface area contributed by atoms with E-state index in [0.717, 1.165) is 58.0 Å². The Labute approximate surface area is 253 Å². The highest BCUT2D eigenvalue weighted by Gasteiger charge is 2.70. The van der Waals surface area contributed by atoms with Gasteiger partial charge in [0.05, 0.1) is 12.7 Å². The Kier molecular flexibility index (Phi) is 7.27. The summed E-state index contributed by atoms with van der Waals surface area (Å²) in [5.74, 6) is -1.44. The van der Waals surface area contributed by atoms with Crippen molar-refractivity contribution in [2.75, 3.05) is 19.7 Å². The van der Waals surface area contributed by atoms with Crippen molar-refractivity contribution in [3.05, 3.63) is 23.5 Å². The SMILES string of the molecule is C[C@@H]1CC[C@@]23CCC(=O)[C@H]2[C@]1(C)[C@H](OC(=O)COc1ccc2c(c1F)B(O)OC2)C[C@@]1(CCN2CCCCC21)[C@@H](O)[C@@H]3C. The zero-order valence-corrected chi connectivity index (χ0v) is 25.6. The highest BCUT2D eigenvalue weighted by molar-refractivity contribution is 6.61. The number of fused-ring (bicyclic) bond motifs is 3. The minimum atomic E-state index is -1.37. The Morgan fingerprint density at radius 1 is 1.16 bits per heavy atom. The smallest absolute Gasteiger partial charge is 0.479 e. The van der Waals surface area contributed by atoms with Gasteiger partial charge in [0.25, 0.3) is 0 Å². The molecule has 3 heterocycles. The van der Waals surface area contributed by atoms with Gasteiger partial charge in [0, 0.05) is 34.7 Å². The molecule has 6 aliphatic rings. The number of nitrogens with zero attached hydrogens (tertiary/aromatic N) is 1. The van der Waals surface area contributed by atoms with Crippen LogP contribution >= 0.6 is 0 Å². The molecular formula is C33H45BFNO7. The third-order valence-electron chi connectivity index (χ3n) is 13.3. The summed E-state index contributed by atoms with van der Waals surface area (Å²) in [4.78, 5) is 29.9. The second-order valence-corrected chi connectivity index (χ2v) is 14.8. The van der Waals surface area contributed by atoms with E-state index in [1.54, 1.807) is 6.07 Å². The largest absolute Gasteiger partial charge is 0.494 e. The summed E-state index contributed by atoms with van der Waals surface area (Å²) in [5.41, 5.74) is -0.759. The molecule has 1 spiro atoms. The van der Waals surface area contributed by atoms with Gasteiger partial charge in [0.15, 0.2) is 18.2 Å². The highest BCUT2D eigenvalue weighted by Crippen LogP contribution is 2.69. The molecule has 7 rings (SSSR count). The fraction of sp³-hybridized carbons (Fsp3) is 0.758. The van der Waals surface area contributed by atoms with E-state index in [1.165, 1.54) is 6.07 Å². The number of rotatable bonds is 4. The minimum absolute atomic E-state index is 0.0280. The molecule has 0 radical (unpaired) electrons. The van der Waals surface area contributed by atoms with Crippen LogP contribution in [0.4, 0.5) is 4.39 Å². The number of ether oxygens (including phenoxy) is 2. The van der Waals surface area contributed by atoms with Gasteiger partial charge in [-0.1, -0.05) is 33.3 Å². The van der Waals surface area contributed by atoms with Crippen LogP contribution in [0.2, 0.25) is 0 Å². The van der Waals surface area contributed by atoms with Crippen LogP contribution in [0.5, 0.6) is 5.75 Å². The molecule has 5 fully saturated rings. The maximum atomic E-state index is 15.2. The summed E-state index contributed by atoms with van der Waals surface area (Å²) in [6.45, 7) is 8.10. The number of aliphatic hydroxyl groups is 1. The van der Waals surface area contributed by atoms with Gasteiger partial charge in [-0.25, -0.2) is 9.18 Å². The maximum absolute atomic E-state index is 15.2. The van der Waals surface area contributed by atoms with E-state index in [0.29, 0.717) is 18.4 Å². The van der Waals surface area contributed by atoms with Crippen LogP contribution in [0.1, 0.15) is 84.1 Å². The first kappa shape index (κ1) is 29.7. The third kappa shape index (κ3) is 4.22. The number of hydrogen-bond donors (Lipinski definition) is 2. The first-order chi connectivity index (χ1) is 20.5. The van der Waals surface area contributed by atoms with Gasteiger partial charge in [-0.05, 0) is 86.9 Å². The summed E-state index contributed by atoms with van der Waals surface area (Å²) in [6, 6.07) is 3.29. The normalized spacial score (nSPS) is 42.3. The monoisotopic (exact) mass is 597 g/mol. The standard InChI is InChI=1S/C33H45BFNO7/c1-19-9-11-32-12-10-22(37)29(32)31(19,3)25(16-33(30(39)20(32)2)13-15-36-14-5-4-6-24(33)36)43-26(38)18-41-23-8-7-21-17-42-34(40)27(21)28(23)35/h7-8,19-20,24-25,29-30,39-40H,4-6,9-18H2,1-3H3/t19-,20+,24?,25-,29+,30+,31+,32+,33-/m1/s1. The molecule has 0 aromatic heterocycles. The maximum Gasteiger partial charge on any atom is 0.494 e.